The van der Waals surface area contributed by atoms with Gasteiger partial charge in [0.25, 0.3) is 5.69 Å². The van der Waals surface area contributed by atoms with E-state index < -0.39 is 4.92 Å². The maximum absolute atomic E-state index is 12.3. The number of aromatic nitrogens is 2. The lowest BCUT2D eigenvalue weighted by Gasteiger charge is -2.01. The molecule has 0 atom stereocenters. The smallest absolute Gasteiger partial charge is 0.271 e. The standard InChI is InChI=1S/C15H7N3O3/c19-15-10-4-2-1-3-9(10)13-14(15)17-12-7-8(18(20)21)5-6-11(12)16-13/h1-7H. The van der Waals surface area contributed by atoms with Crippen molar-refractivity contribution in [3.05, 3.63) is 63.8 Å². The molecule has 1 aliphatic carbocycles. The summed E-state index contributed by atoms with van der Waals surface area (Å²) in [5.74, 6) is -0.193. The third-order valence-corrected chi connectivity index (χ3v) is 3.50. The fourth-order valence-electron chi connectivity index (χ4n) is 2.52. The molecule has 1 aromatic heterocycles. The van der Waals surface area contributed by atoms with Gasteiger partial charge in [-0.15, -0.1) is 0 Å². The van der Waals surface area contributed by atoms with Crippen LogP contribution in [0.5, 0.6) is 0 Å². The van der Waals surface area contributed by atoms with E-state index in [4.69, 9.17) is 0 Å². The lowest BCUT2D eigenvalue weighted by atomic mass is 10.1. The Bertz CT molecular complexity index is 950. The summed E-state index contributed by atoms with van der Waals surface area (Å²) in [6.07, 6.45) is 0. The third-order valence-electron chi connectivity index (χ3n) is 3.50. The van der Waals surface area contributed by atoms with Crippen molar-refractivity contribution in [2.45, 2.75) is 0 Å². The number of hydrogen-bond donors (Lipinski definition) is 0. The van der Waals surface area contributed by atoms with Gasteiger partial charge in [0.2, 0.25) is 5.78 Å². The summed E-state index contributed by atoms with van der Waals surface area (Å²) < 4.78 is 0. The molecule has 0 spiro atoms. The van der Waals surface area contributed by atoms with Crippen LogP contribution in [0.2, 0.25) is 0 Å². The van der Waals surface area contributed by atoms with Crippen LogP contribution in [0.4, 0.5) is 5.69 Å². The quantitative estimate of drug-likeness (QED) is 0.394. The average molecular weight is 277 g/mol. The largest absolute Gasteiger partial charge is 0.287 e. The number of rotatable bonds is 1. The summed E-state index contributed by atoms with van der Waals surface area (Å²) in [5, 5.41) is 10.8. The Hall–Kier alpha value is -3.15. The Morgan fingerprint density at radius 2 is 1.62 bits per heavy atom. The number of ketones is 1. The van der Waals surface area contributed by atoms with Crippen molar-refractivity contribution in [3.8, 4) is 11.3 Å². The van der Waals surface area contributed by atoms with Gasteiger partial charge >= 0.3 is 0 Å². The predicted molar refractivity (Wildman–Crippen MR) is 75.1 cm³/mol. The van der Waals surface area contributed by atoms with Gasteiger partial charge in [0.15, 0.2) is 0 Å². The van der Waals surface area contributed by atoms with E-state index in [-0.39, 0.29) is 17.2 Å². The van der Waals surface area contributed by atoms with Crippen LogP contribution in [0.3, 0.4) is 0 Å². The molecule has 0 aliphatic heterocycles. The van der Waals surface area contributed by atoms with E-state index >= 15 is 0 Å². The Morgan fingerprint density at radius 3 is 2.38 bits per heavy atom. The molecule has 21 heavy (non-hydrogen) atoms. The summed E-state index contributed by atoms with van der Waals surface area (Å²) in [6.45, 7) is 0. The molecular weight excluding hydrogens is 270 g/mol. The fraction of sp³-hybridized carbons (Fsp3) is 0. The van der Waals surface area contributed by atoms with Gasteiger partial charge < -0.3 is 0 Å². The first-order valence-electron chi connectivity index (χ1n) is 6.25. The van der Waals surface area contributed by atoms with Crippen LogP contribution in [0.15, 0.2) is 42.5 Å². The minimum atomic E-state index is -0.495. The summed E-state index contributed by atoms with van der Waals surface area (Å²) >= 11 is 0. The van der Waals surface area contributed by atoms with Crippen LogP contribution in [-0.4, -0.2) is 20.7 Å². The van der Waals surface area contributed by atoms with Gasteiger partial charge in [0.1, 0.15) is 11.4 Å². The number of nitro groups is 1. The van der Waals surface area contributed by atoms with Crippen molar-refractivity contribution in [1.82, 2.24) is 9.97 Å². The van der Waals surface area contributed by atoms with E-state index in [1.54, 1.807) is 18.2 Å². The molecule has 6 nitrogen and oxygen atoms in total. The van der Waals surface area contributed by atoms with Gasteiger partial charge in [-0.25, -0.2) is 9.97 Å². The number of benzene rings is 2. The molecule has 1 heterocycles. The first kappa shape index (κ1) is 11.7. The van der Waals surface area contributed by atoms with E-state index in [2.05, 4.69) is 9.97 Å². The maximum Gasteiger partial charge on any atom is 0.271 e. The van der Waals surface area contributed by atoms with Crippen molar-refractivity contribution in [3.63, 3.8) is 0 Å². The van der Waals surface area contributed by atoms with Crippen LogP contribution in [0.1, 0.15) is 16.1 Å². The SMILES string of the molecule is O=C1c2ccccc2-c2nc3ccc([N+](=O)[O-])cc3nc21. The second-order valence-electron chi connectivity index (χ2n) is 4.73. The normalized spacial score (nSPS) is 12.3. The molecule has 3 aromatic rings. The molecule has 0 fully saturated rings. The van der Waals surface area contributed by atoms with Gasteiger partial charge in [0.05, 0.1) is 16.0 Å². The van der Waals surface area contributed by atoms with Crippen molar-refractivity contribution in [2.24, 2.45) is 0 Å². The van der Waals surface area contributed by atoms with Gasteiger partial charge in [-0.2, -0.15) is 0 Å². The van der Waals surface area contributed by atoms with E-state index in [0.29, 0.717) is 22.3 Å². The van der Waals surface area contributed by atoms with Crippen LogP contribution in [0.25, 0.3) is 22.3 Å². The molecule has 0 saturated heterocycles. The van der Waals surface area contributed by atoms with E-state index in [1.807, 2.05) is 12.1 Å². The lowest BCUT2D eigenvalue weighted by Crippen LogP contribution is -2.00. The zero-order valence-electron chi connectivity index (χ0n) is 10.6. The third kappa shape index (κ3) is 1.56. The van der Waals surface area contributed by atoms with Crippen molar-refractivity contribution >= 4 is 22.5 Å². The van der Waals surface area contributed by atoms with E-state index in [9.17, 15) is 14.9 Å². The van der Waals surface area contributed by atoms with Crippen LogP contribution in [0, 0.1) is 10.1 Å². The minimum absolute atomic E-state index is 0.0697. The summed E-state index contributed by atoms with van der Waals surface area (Å²) in [4.78, 5) is 31.4. The molecule has 0 unspecified atom stereocenters. The van der Waals surface area contributed by atoms with Crippen molar-refractivity contribution in [2.75, 3.05) is 0 Å². The zero-order valence-corrected chi connectivity index (χ0v) is 10.6. The number of nitrogens with zero attached hydrogens (tertiary/aromatic N) is 3. The number of non-ortho nitro benzene ring substituents is 1. The molecule has 0 saturated carbocycles. The van der Waals surface area contributed by atoms with E-state index in [1.165, 1.54) is 12.1 Å². The Kier molecular flexibility index (Phi) is 2.18. The monoisotopic (exact) mass is 277 g/mol. The maximum atomic E-state index is 12.3. The van der Waals surface area contributed by atoms with Gasteiger partial charge in [-0.05, 0) is 6.07 Å². The number of hydrogen-bond acceptors (Lipinski definition) is 5. The highest BCUT2D eigenvalue weighted by molar-refractivity contribution is 6.20. The van der Waals surface area contributed by atoms with Crippen LogP contribution >= 0.6 is 0 Å². The molecular formula is C15H7N3O3. The van der Waals surface area contributed by atoms with E-state index in [0.717, 1.165) is 5.56 Å². The average Bonchev–Trinajstić information content (AvgIpc) is 2.78. The van der Waals surface area contributed by atoms with Crippen molar-refractivity contribution in [1.29, 1.82) is 0 Å². The first-order chi connectivity index (χ1) is 10.1. The molecule has 4 rings (SSSR count). The first-order valence-corrected chi connectivity index (χ1v) is 6.25. The Balaban J connectivity index is 2.03. The number of carbonyl (C=O) groups is 1. The molecule has 100 valence electrons. The van der Waals surface area contributed by atoms with Gasteiger partial charge in [-0.1, -0.05) is 24.3 Å². The highest BCUT2D eigenvalue weighted by Gasteiger charge is 2.29. The fourth-order valence-corrected chi connectivity index (χ4v) is 2.52. The Labute approximate surface area is 118 Å². The van der Waals surface area contributed by atoms with Gasteiger partial charge in [-0.3, -0.25) is 14.9 Å². The topological polar surface area (TPSA) is 86.0 Å². The summed E-state index contributed by atoms with van der Waals surface area (Å²) in [5.41, 5.74) is 2.93. The van der Waals surface area contributed by atoms with Gasteiger partial charge in [0, 0.05) is 23.3 Å². The summed E-state index contributed by atoms with van der Waals surface area (Å²) in [7, 11) is 0. The highest BCUT2D eigenvalue weighted by atomic mass is 16.6. The highest BCUT2D eigenvalue weighted by Crippen LogP contribution is 2.35. The number of carbonyl (C=O) groups excluding carboxylic acids is 1. The molecule has 6 heteroatoms. The minimum Gasteiger partial charge on any atom is -0.287 e. The zero-order chi connectivity index (χ0) is 14.6. The molecule has 1 aliphatic rings. The van der Waals surface area contributed by atoms with Crippen LogP contribution in [-0.2, 0) is 0 Å². The second kappa shape index (κ2) is 3.92. The molecule has 0 amide bonds. The number of fused-ring (bicyclic) bond motifs is 4. The molecule has 0 N–H and O–H groups in total. The molecule has 2 aromatic carbocycles. The second-order valence-corrected chi connectivity index (χ2v) is 4.73. The van der Waals surface area contributed by atoms with Crippen LogP contribution < -0.4 is 0 Å². The Morgan fingerprint density at radius 1 is 0.905 bits per heavy atom. The summed E-state index contributed by atoms with van der Waals surface area (Å²) in [6, 6.07) is 11.4. The molecule has 0 radical (unpaired) electrons. The molecule has 0 bridgehead atoms. The lowest BCUT2D eigenvalue weighted by molar-refractivity contribution is -0.384. The predicted octanol–water partition coefficient (Wildman–Crippen LogP) is 2.75. The number of nitro benzene ring substituents is 1. The van der Waals surface area contributed by atoms with Crippen molar-refractivity contribution < 1.29 is 9.72 Å².